The maximum atomic E-state index is 13.9. The lowest BCUT2D eigenvalue weighted by Crippen LogP contribution is -2.47. The summed E-state index contributed by atoms with van der Waals surface area (Å²) in [5, 5.41) is 10.9. The normalized spacial score (nSPS) is 15.4. The highest BCUT2D eigenvalue weighted by Gasteiger charge is 2.21. The monoisotopic (exact) mass is 366 g/mol. The molecule has 5 nitrogen and oxygen atoms in total. The SMILES string of the molecule is CCCN1CCN(c2nc(-c3ccccc3O)nc3ccc(F)cc23)CC1. The highest BCUT2D eigenvalue weighted by atomic mass is 19.1. The van der Waals surface area contributed by atoms with Gasteiger partial charge in [-0.3, -0.25) is 4.90 Å². The van der Waals surface area contributed by atoms with Gasteiger partial charge in [0.15, 0.2) is 5.82 Å². The summed E-state index contributed by atoms with van der Waals surface area (Å²) >= 11 is 0. The largest absolute Gasteiger partial charge is 0.507 e. The molecule has 2 aromatic carbocycles. The van der Waals surface area contributed by atoms with Crippen LogP contribution in [0.15, 0.2) is 42.5 Å². The molecule has 1 aliphatic heterocycles. The van der Waals surface area contributed by atoms with Crippen LogP contribution in [0, 0.1) is 5.82 Å². The smallest absolute Gasteiger partial charge is 0.165 e. The Balaban J connectivity index is 1.78. The van der Waals surface area contributed by atoms with Crippen molar-refractivity contribution in [2.75, 3.05) is 37.6 Å². The zero-order valence-electron chi connectivity index (χ0n) is 15.4. The first-order valence-electron chi connectivity index (χ1n) is 9.38. The molecule has 0 amide bonds. The Morgan fingerprint density at radius 3 is 2.56 bits per heavy atom. The van der Waals surface area contributed by atoms with E-state index in [4.69, 9.17) is 4.98 Å². The van der Waals surface area contributed by atoms with Crippen LogP contribution in [0.3, 0.4) is 0 Å². The molecule has 0 aliphatic carbocycles. The number of phenolic OH excluding ortho intramolecular Hbond substituents is 1. The van der Waals surface area contributed by atoms with E-state index in [1.165, 1.54) is 12.1 Å². The van der Waals surface area contributed by atoms with Gasteiger partial charge in [-0.05, 0) is 43.3 Å². The lowest BCUT2D eigenvalue weighted by atomic mass is 10.1. The van der Waals surface area contributed by atoms with Gasteiger partial charge in [0, 0.05) is 31.6 Å². The standard InChI is InChI=1S/C21H23FN4O/c1-2-9-25-10-12-26(13-11-25)21-17-14-15(22)7-8-18(17)23-20(24-21)16-5-3-4-6-19(16)27/h3-8,14,27H,2,9-13H2,1H3. The summed E-state index contributed by atoms with van der Waals surface area (Å²) in [5.41, 5.74) is 1.25. The third kappa shape index (κ3) is 3.57. The van der Waals surface area contributed by atoms with Gasteiger partial charge >= 0.3 is 0 Å². The van der Waals surface area contributed by atoms with E-state index in [2.05, 4.69) is 21.7 Å². The third-order valence-electron chi connectivity index (χ3n) is 4.99. The average Bonchev–Trinajstić information content (AvgIpc) is 2.68. The van der Waals surface area contributed by atoms with E-state index in [0.29, 0.717) is 22.3 Å². The van der Waals surface area contributed by atoms with Crippen LogP contribution in [0.5, 0.6) is 5.75 Å². The fraction of sp³-hybridized carbons (Fsp3) is 0.333. The highest BCUT2D eigenvalue weighted by Crippen LogP contribution is 2.32. The second-order valence-electron chi connectivity index (χ2n) is 6.88. The van der Waals surface area contributed by atoms with Gasteiger partial charge in [0.25, 0.3) is 0 Å². The number of piperazine rings is 1. The molecule has 4 rings (SSSR count). The summed E-state index contributed by atoms with van der Waals surface area (Å²) in [5.74, 6) is 1.03. The van der Waals surface area contributed by atoms with E-state index >= 15 is 0 Å². The zero-order chi connectivity index (χ0) is 18.8. The molecule has 1 fully saturated rings. The fourth-order valence-corrected chi connectivity index (χ4v) is 3.61. The Bertz CT molecular complexity index is 954. The van der Waals surface area contributed by atoms with Crippen LogP contribution < -0.4 is 4.90 Å². The Hall–Kier alpha value is -2.73. The van der Waals surface area contributed by atoms with Gasteiger partial charge in [-0.15, -0.1) is 0 Å². The summed E-state index contributed by atoms with van der Waals surface area (Å²) in [4.78, 5) is 13.9. The molecule has 2 heterocycles. The molecular weight excluding hydrogens is 343 g/mol. The van der Waals surface area contributed by atoms with E-state index in [1.807, 2.05) is 6.07 Å². The number of hydrogen-bond acceptors (Lipinski definition) is 5. The molecule has 0 radical (unpaired) electrons. The van der Waals surface area contributed by atoms with Crippen molar-refractivity contribution in [1.29, 1.82) is 0 Å². The highest BCUT2D eigenvalue weighted by molar-refractivity contribution is 5.91. The maximum Gasteiger partial charge on any atom is 0.165 e. The van der Waals surface area contributed by atoms with E-state index < -0.39 is 0 Å². The molecule has 0 saturated carbocycles. The minimum Gasteiger partial charge on any atom is -0.507 e. The van der Waals surface area contributed by atoms with Crippen LogP contribution in [0.4, 0.5) is 10.2 Å². The van der Waals surface area contributed by atoms with Crippen molar-refractivity contribution in [1.82, 2.24) is 14.9 Å². The molecular formula is C21H23FN4O. The first-order valence-corrected chi connectivity index (χ1v) is 9.38. The number of benzene rings is 2. The number of fused-ring (bicyclic) bond motifs is 1. The van der Waals surface area contributed by atoms with E-state index in [-0.39, 0.29) is 11.6 Å². The van der Waals surface area contributed by atoms with Crippen LogP contribution >= 0.6 is 0 Å². The number of anilines is 1. The summed E-state index contributed by atoms with van der Waals surface area (Å²) in [6, 6.07) is 11.6. The van der Waals surface area contributed by atoms with Gasteiger partial charge in [-0.1, -0.05) is 19.1 Å². The number of rotatable bonds is 4. The van der Waals surface area contributed by atoms with Gasteiger partial charge in [-0.2, -0.15) is 0 Å². The lowest BCUT2D eigenvalue weighted by molar-refractivity contribution is 0.258. The summed E-state index contributed by atoms with van der Waals surface area (Å²) in [7, 11) is 0. The minimum atomic E-state index is -0.299. The van der Waals surface area contributed by atoms with Crippen molar-refractivity contribution < 1.29 is 9.50 Å². The van der Waals surface area contributed by atoms with Gasteiger partial charge in [-0.25, -0.2) is 14.4 Å². The first-order chi connectivity index (χ1) is 13.2. The second-order valence-corrected chi connectivity index (χ2v) is 6.88. The van der Waals surface area contributed by atoms with E-state index in [0.717, 1.165) is 45.0 Å². The quantitative estimate of drug-likeness (QED) is 0.763. The van der Waals surface area contributed by atoms with Crippen LogP contribution in [0.1, 0.15) is 13.3 Å². The number of halogens is 1. The fourth-order valence-electron chi connectivity index (χ4n) is 3.61. The van der Waals surface area contributed by atoms with Crippen LogP contribution in [0.2, 0.25) is 0 Å². The molecule has 27 heavy (non-hydrogen) atoms. The Morgan fingerprint density at radius 1 is 1.04 bits per heavy atom. The number of para-hydroxylation sites is 1. The molecule has 3 aromatic rings. The molecule has 140 valence electrons. The van der Waals surface area contributed by atoms with Gasteiger partial charge in [0.1, 0.15) is 17.4 Å². The van der Waals surface area contributed by atoms with Crippen molar-refractivity contribution in [3.63, 3.8) is 0 Å². The number of hydrogen-bond donors (Lipinski definition) is 1. The summed E-state index contributed by atoms with van der Waals surface area (Å²) in [6.45, 7) is 6.87. The minimum absolute atomic E-state index is 0.137. The Morgan fingerprint density at radius 2 is 1.81 bits per heavy atom. The predicted molar refractivity (Wildman–Crippen MR) is 106 cm³/mol. The Labute approximate surface area is 158 Å². The van der Waals surface area contributed by atoms with Crippen molar-refractivity contribution in [2.45, 2.75) is 13.3 Å². The molecule has 0 atom stereocenters. The molecule has 1 aliphatic rings. The van der Waals surface area contributed by atoms with Gasteiger partial charge in [0.2, 0.25) is 0 Å². The van der Waals surface area contributed by atoms with Crippen molar-refractivity contribution in [3.8, 4) is 17.1 Å². The molecule has 1 N–H and O–H groups in total. The van der Waals surface area contributed by atoms with Crippen molar-refractivity contribution in [3.05, 3.63) is 48.3 Å². The number of nitrogens with zero attached hydrogens (tertiary/aromatic N) is 4. The number of aromatic hydroxyl groups is 1. The van der Waals surface area contributed by atoms with E-state index in [9.17, 15) is 9.50 Å². The predicted octanol–water partition coefficient (Wildman–Crippen LogP) is 3.67. The summed E-state index contributed by atoms with van der Waals surface area (Å²) in [6.07, 6.45) is 1.14. The van der Waals surface area contributed by atoms with Gasteiger partial charge < -0.3 is 10.0 Å². The van der Waals surface area contributed by atoms with Crippen molar-refractivity contribution >= 4 is 16.7 Å². The number of phenols is 1. The van der Waals surface area contributed by atoms with Crippen LogP contribution in [0.25, 0.3) is 22.3 Å². The molecule has 0 spiro atoms. The van der Waals surface area contributed by atoms with Crippen LogP contribution in [-0.4, -0.2) is 52.7 Å². The second kappa shape index (κ2) is 7.48. The average molecular weight is 366 g/mol. The maximum absolute atomic E-state index is 13.9. The Kier molecular flexibility index (Phi) is 4.90. The molecule has 1 saturated heterocycles. The van der Waals surface area contributed by atoms with Crippen LogP contribution in [-0.2, 0) is 0 Å². The molecule has 0 unspecified atom stereocenters. The summed E-state index contributed by atoms with van der Waals surface area (Å²) < 4.78 is 13.9. The number of aromatic nitrogens is 2. The topological polar surface area (TPSA) is 52.5 Å². The lowest BCUT2D eigenvalue weighted by Gasteiger charge is -2.35. The zero-order valence-corrected chi connectivity index (χ0v) is 15.4. The first kappa shape index (κ1) is 17.7. The van der Waals surface area contributed by atoms with Crippen molar-refractivity contribution in [2.24, 2.45) is 0 Å². The van der Waals surface area contributed by atoms with E-state index in [1.54, 1.807) is 24.3 Å². The third-order valence-corrected chi connectivity index (χ3v) is 4.99. The molecule has 6 heteroatoms. The molecule has 0 bridgehead atoms. The van der Waals surface area contributed by atoms with Gasteiger partial charge in [0.05, 0.1) is 11.1 Å². The molecule has 1 aromatic heterocycles.